The van der Waals surface area contributed by atoms with Crippen molar-refractivity contribution in [3.05, 3.63) is 23.8 Å². The topological polar surface area (TPSA) is 57.2 Å². The van der Waals surface area contributed by atoms with Gasteiger partial charge in [-0.25, -0.2) is 0 Å². The van der Waals surface area contributed by atoms with Crippen LogP contribution in [0.15, 0.2) is 18.2 Å². The molecule has 1 unspecified atom stereocenters. The largest absolute Gasteiger partial charge is 0.454 e. The first-order valence-electron chi connectivity index (χ1n) is 8.83. The Bertz CT molecular complexity index is 605. The van der Waals surface area contributed by atoms with Crippen LogP contribution < -0.4 is 9.47 Å². The number of nitrogens with zero attached hydrogens (tertiary/aromatic N) is 1. The minimum atomic E-state index is 0.0627. The van der Waals surface area contributed by atoms with Gasteiger partial charge in [-0.15, -0.1) is 0 Å². The zero-order valence-electron chi connectivity index (χ0n) is 15.1. The molecule has 0 spiro atoms. The molecule has 0 aromatic heterocycles. The summed E-state index contributed by atoms with van der Waals surface area (Å²) >= 11 is 0. The number of benzene rings is 1. The maximum Gasteiger partial charge on any atom is 0.248 e. The van der Waals surface area contributed by atoms with Gasteiger partial charge in [0.05, 0.1) is 13.2 Å². The highest BCUT2D eigenvalue weighted by Gasteiger charge is 2.33. The van der Waals surface area contributed by atoms with Crippen molar-refractivity contribution in [1.82, 2.24) is 4.90 Å². The van der Waals surface area contributed by atoms with Gasteiger partial charge in [-0.3, -0.25) is 4.79 Å². The van der Waals surface area contributed by atoms with Crippen molar-refractivity contribution < 1.29 is 23.7 Å². The molecule has 2 aliphatic rings. The zero-order chi connectivity index (χ0) is 17.7. The fourth-order valence-corrected chi connectivity index (χ4v) is 3.61. The Morgan fingerprint density at radius 1 is 1.28 bits per heavy atom. The number of hydrogen-bond donors (Lipinski definition) is 0. The van der Waals surface area contributed by atoms with Gasteiger partial charge in [0, 0.05) is 20.2 Å². The van der Waals surface area contributed by atoms with Gasteiger partial charge < -0.3 is 23.8 Å². The maximum absolute atomic E-state index is 12.4. The van der Waals surface area contributed by atoms with Crippen LogP contribution in [-0.4, -0.2) is 57.6 Å². The van der Waals surface area contributed by atoms with E-state index in [9.17, 15) is 4.79 Å². The summed E-state index contributed by atoms with van der Waals surface area (Å²) in [6.45, 7) is 5.20. The molecule has 1 fully saturated rings. The summed E-state index contributed by atoms with van der Waals surface area (Å²) in [5.41, 5.74) is 1.28. The molecular weight excluding hydrogens is 322 g/mol. The molecule has 0 bridgehead atoms. The number of rotatable bonds is 7. The van der Waals surface area contributed by atoms with E-state index in [0.717, 1.165) is 43.9 Å². The average Bonchev–Trinajstić information content (AvgIpc) is 3.06. The number of carbonyl (C=O) groups excluding carboxylic acids is 1. The Kier molecular flexibility index (Phi) is 5.81. The van der Waals surface area contributed by atoms with Crippen molar-refractivity contribution in [2.75, 3.05) is 46.8 Å². The number of fused-ring (bicyclic) bond motifs is 1. The summed E-state index contributed by atoms with van der Waals surface area (Å²) in [6.07, 6.45) is 3.04. The lowest BCUT2D eigenvalue weighted by molar-refractivity contribution is -0.139. The predicted octanol–water partition coefficient (Wildman–Crippen LogP) is 2.25. The highest BCUT2D eigenvalue weighted by molar-refractivity contribution is 5.77. The molecule has 6 nitrogen and oxygen atoms in total. The molecule has 0 N–H and O–H groups in total. The van der Waals surface area contributed by atoms with E-state index < -0.39 is 0 Å². The number of ether oxygens (including phenoxy) is 4. The van der Waals surface area contributed by atoms with Crippen LogP contribution in [0.3, 0.4) is 0 Å². The van der Waals surface area contributed by atoms with Gasteiger partial charge in [0.2, 0.25) is 12.7 Å². The second-order valence-corrected chi connectivity index (χ2v) is 7.14. The first-order valence-corrected chi connectivity index (χ1v) is 8.83. The molecule has 1 aromatic carbocycles. The molecule has 25 heavy (non-hydrogen) atoms. The van der Waals surface area contributed by atoms with Gasteiger partial charge in [-0.2, -0.15) is 0 Å². The lowest BCUT2D eigenvalue weighted by Gasteiger charge is -2.40. The molecule has 2 heterocycles. The van der Waals surface area contributed by atoms with Crippen molar-refractivity contribution >= 4 is 5.91 Å². The first-order chi connectivity index (χ1) is 12.1. The standard InChI is InChI=1S/C19H27NO5/c1-19(11-15-4-5-16-17(10-15)25-14-24-16)6-3-7-20(13-19)18(21)12-23-9-8-22-2/h4-5,10H,3,6-9,11-14H2,1-2H3. The van der Waals surface area contributed by atoms with Gasteiger partial charge in [-0.05, 0) is 42.4 Å². The minimum absolute atomic E-state index is 0.0627. The number of methoxy groups -OCH3 is 1. The number of carbonyl (C=O) groups is 1. The number of likely N-dealkylation sites (tertiary alicyclic amines) is 1. The van der Waals surface area contributed by atoms with Gasteiger partial charge in [0.15, 0.2) is 11.5 Å². The molecule has 2 aliphatic heterocycles. The highest BCUT2D eigenvalue weighted by atomic mass is 16.7. The van der Waals surface area contributed by atoms with E-state index in [-0.39, 0.29) is 17.9 Å². The molecule has 1 saturated heterocycles. The number of amides is 1. The van der Waals surface area contributed by atoms with Gasteiger partial charge in [-0.1, -0.05) is 13.0 Å². The quantitative estimate of drug-likeness (QED) is 0.707. The van der Waals surface area contributed by atoms with E-state index in [2.05, 4.69) is 19.1 Å². The Hall–Kier alpha value is -1.79. The summed E-state index contributed by atoms with van der Waals surface area (Å²) < 4.78 is 21.2. The average molecular weight is 349 g/mol. The minimum Gasteiger partial charge on any atom is -0.454 e. The third-order valence-electron chi connectivity index (χ3n) is 4.86. The molecule has 1 aromatic rings. The molecule has 0 aliphatic carbocycles. The van der Waals surface area contributed by atoms with Gasteiger partial charge in [0.1, 0.15) is 6.61 Å². The molecular formula is C19H27NO5. The van der Waals surface area contributed by atoms with E-state index in [1.807, 2.05) is 11.0 Å². The third-order valence-corrected chi connectivity index (χ3v) is 4.86. The van der Waals surface area contributed by atoms with E-state index in [0.29, 0.717) is 20.0 Å². The van der Waals surface area contributed by atoms with Gasteiger partial charge in [0.25, 0.3) is 0 Å². The van der Waals surface area contributed by atoms with E-state index in [4.69, 9.17) is 18.9 Å². The molecule has 1 amide bonds. The van der Waals surface area contributed by atoms with Crippen LogP contribution in [0.1, 0.15) is 25.3 Å². The summed E-state index contributed by atoms with van der Waals surface area (Å²) in [5, 5.41) is 0. The van der Waals surface area contributed by atoms with Crippen molar-refractivity contribution in [3.8, 4) is 11.5 Å². The number of hydrogen-bond acceptors (Lipinski definition) is 5. The first kappa shape index (κ1) is 18.0. The summed E-state index contributed by atoms with van der Waals surface area (Å²) in [5.74, 6) is 1.69. The molecule has 0 saturated carbocycles. The van der Waals surface area contributed by atoms with Crippen molar-refractivity contribution in [2.45, 2.75) is 26.2 Å². The summed E-state index contributed by atoms with van der Waals surface area (Å²) in [6, 6.07) is 6.12. The van der Waals surface area contributed by atoms with Crippen LogP contribution in [0.2, 0.25) is 0 Å². The smallest absolute Gasteiger partial charge is 0.248 e. The fraction of sp³-hybridized carbons (Fsp3) is 0.632. The predicted molar refractivity (Wildman–Crippen MR) is 92.9 cm³/mol. The maximum atomic E-state index is 12.4. The SMILES string of the molecule is COCCOCC(=O)N1CCCC(C)(Cc2ccc3c(c2)OCO3)C1. The monoisotopic (exact) mass is 349 g/mol. The Morgan fingerprint density at radius 2 is 2.12 bits per heavy atom. The van der Waals surface area contributed by atoms with Gasteiger partial charge >= 0.3 is 0 Å². The number of piperidine rings is 1. The molecule has 0 radical (unpaired) electrons. The highest BCUT2D eigenvalue weighted by Crippen LogP contribution is 2.37. The fourth-order valence-electron chi connectivity index (χ4n) is 3.61. The molecule has 1 atom stereocenters. The summed E-state index contributed by atoms with van der Waals surface area (Å²) in [4.78, 5) is 14.3. The van der Waals surface area contributed by atoms with Crippen LogP contribution in [0.5, 0.6) is 11.5 Å². The van der Waals surface area contributed by atoms with Crippen LogP contribution >= 0.6 is 0 Å². The second-order valence-electron chi connectivity index (χ2n) is 7.14. The Labute approximate surface area is 149 Å². The second kappa shape index (κ2) is 8.06. The van der Waals surface area contributed by atoms with Crippen molar-refractivity contribution in [3.63, 3.8) is 0 Å². The zero-order valence-corrected chi connectivity index (χ0v) is 15.1. The lowest BCUT2D eigenvalue weighted by atomic mass is 9.77. The molecule has 138 valence electrons. The molecule has 3 rings (SSSR count). The van der Waals surface area contributed by atoms with E-state index >= 15 is 0 Å². The van der Waals surface area contributed by atoms with Crippen LogP contribution in [0.25, 0.3) is 0 Å². The Morgan fingerprint density at radius 3 is 2.96 bits per heavy atom. The van der Waals surface area contributed by atoms with E-state index in [1.54, 1.807) is 7.11 Å². The van der Waals surface area contributed by atoms with Crippen LogP contribution in [0.4, 0.5) is 0 Å². The molecule has 6 heteroatoms. The third kappa shape index (κ3) is 4.64. The summed E-state index contributed by atoms with van der Waals surface area (Å²) in [7, 11) is 1.62. The van der Waals surface area contributed by atoms with Crippen LogP contribution in [0, 0.1) is 5.41 Å². The Balaban J connectivity index is 1.56. The normalized spacial score (nSPS) is 22.2. The van der Waals surface area contributed by atoms with Crippen LogP contribution in [-0.2, 0) is 20.7 Å². The van der Waals surface area contributed by atoms with E-state index in [1.165, 1.54) is 5.56 Å². The lowest BCUT2D eigenvalue weighted by Crippen LogP contribution is -2.47. The van der Waals surface area contributed by atoms with Crippen molar-refractivity contribution in [1.29, 1.82) is 0 Å². The van der Waals surface area contributed by atoms with Crippen molar-refractivity contribution in [2.24, 2.45) is 5.41 Å².